The maximum absolute atomic E-state index is 12.3. The topological polar surface area (TPSA) is 59.0 Å². The van der Waals surface area contributed by atoms with E-state index in [4.69, 9.17) is 0 Å². The summed E-state index contributed by atoms with van der Waals surface area (Å²) in [5, 5.41) is 12.2. The summed E-state index contributed by atoms with van der Waals surface area (Å²) in [6.45, 7) is 5.05. The third kappa shape index (κ3) is 2.86. The molecule has 0 aliphatic carbocycles. The summed E-state index contributed by atoms with van der Waals surface area (Å²) in [6, 6.07) is 8.44. The van der Waals surface area contributed by atoms with Crippen molar-refractivity contribution in [1.82, 2.24) is 20.4 Å². The molecule has 1 atom stereocenters. The van der Waals surface area contributed by atoms with Crippen LogP contribution >= 0.6 is 0 Å². The molecule has 0 unspecified atom stereocenters. The van der Waals surface area contributed by atoms with Crippen LogP contribution in [0.25, 0.3) is 10.9 Å². The van der Waals surface area contributed by atoms with Gasteiger partial charge in [-0.3, -0.25) is 9.48 Å². The van der Waals surface area contributed by atoms with Gasteiger partial charge in [-0.1, -0.05) is 18.2 Å². The number of carbonyl (C=O) groups excluding carboxylic acids is 1. The van der Waals surface area contributed by atoms with Gasteiger partial charge in [0.1, 0.15) is 0 Å². The molecule has 1 aromatic carbocycles. The van der Waals surface area contributed by atoms with E-state index in [2.05, 4.69) is 21.8 Å². The highest BCUT2D eigenvalue weighted by Gasteiger charge is 2.29. The van der Waals surface area contributed by atoms with Crippen molar-refractivity contribution in [3.8, 4) is 0 Å². The number of carbonyl (C=O) groups is 1. The molecule has 1 aromatic heterocycles. The molecule has 0 radical (unpaired) electrons. The number of fused-ring (bicyclic) bond motifs is 1. The number of benzene rings is 1. The van der Waals surface area contributed by atoms with E-state index in [1.807, 2.05) is 43.8 Å². The van der Waals surface area contributed by atoms with Crippen molar-refractivity contribution in [2.24, 2.45) is 7.05 Å². The Kier molecular flexibility index (Phi) is 3.91. The zero-order valence-electron chi connectivity index (χ0n) is 13.5. The second-order valence-corrected chi connectivity index (χ2v) is 6.66. The second kappa shape index (κ2) is 5.72. The van der Waals surface area contributed by atoms with Gasteiger partial charge in [0.15, 0.2) is 0 Å². The zero-order valence-corrected chi connectivity index (χ0v) is 13.5. The molecule has 5 nitrogen and oxygen atoms in total. The fourth-order valence-electron chi connectivity index (χ4n) is 3.29. The molecule has 1 saturated heterocycles. The lowest BCUT2D eigenvalue weighted by Gasteiger charge is -2.25. The van der Waals surface area contributed by atoms with E-state index >= 15 is 0 Å². The van der Waals surface area contributed by atoms with Crippen LogP contribution in [0.4, 0.5) is 0 Å². The van der Waals surface area contributed by atoms with Crippen LogP contribution in [-0.4, -0.2) is 28.3 Å². The molecular formula is C17H24N4O. The Labute approximate surface area is 131 Å². The lowest BCUT2D eigenvalue weighted by molar-refractivity contribution is -0.123. The lowest BCUT2D eigenvalue weighted by Crippen LogP contribution is -2.43. The molecule has 0 saturated carbocycles. The van der Waals surface area contributed by atoms with E-state index in [0.717, 1.165) is 36.0 Å². The van der Waals surface area contributed by atoms with Crippen molar-refractivity contribution in [2.75, 3.05) is 6.54 Å². The molecule has 0 spiro atoms. The minimum atomic E-state index is -0.490. The fraction of sp³-hybridized carbons (Fsp3) is 0.529. The number of para-hydroxylation sites is 1. The first-order valence-corrected chi connectivity index (χ1v) is 7.94. The third-order valence-electron chi connectivity index (χ3n) is 4.40. The van der Waals surface area contributed by atoms with Crippen LogP contribution in [0.2, 0.25) is 0 Å². The number of hydrogen-bond acceptors (Lipinski definition) is 3. The van der Waals surface area contributed by atoms with Gasteiger partial charge in [-0.15, -0.1) is 0 Å². The smallest absolute Gasteiger partial charge is 0.222 e. The highest BCUT2D eigenvalue weighted by Crippen LogP contribution is 2.27. The number of nitrogens with zero attached hydrogens (tertiary/aromatic N) is 2. The maximum Gasteiger partial charge on any atom is 0.222 e. The average molecular weight is 300 g/mol. The molecule has 1 aliphatic rings. The number of amides is 1. The van der Waals surface area contributed by atoms with Crippen LogP contribution in [0.15, 0.2) is 24.3 Å². The fourth-order valence-corrected chi connectivity index (χ4v) is 3.29. The van der Waals surface area contributed by atoms with Crippen molar-refractivity contribution < 1.29 is 4.79 Å². The number of aryl methyl sites for hydroxylation is 1. The molecule has 2 heterocycles. The number of aromatic nitrogens is 2. The van der Waals surface area contributed by atoms with Crippen molar-refractivity contribution in [1.29, 1.82) is 0 Å². The SMILES string of the molecule is Cn1nc(C(C)(C)NC(=O)C[C@H]2CCCN2)c2ccccc21. The quantitative estimate of drug-likeness (QED) is 0.909. The van der Waals surface area contributed by atoms with E-state index in [1.165, 1.54) is 0 Å². The Morgan fingerprint density at radius 1 is 1.45 bits per heavy atom. The van der Waals surface area contributed by atoms with Crippen molar-refractivity contribution >= 4 is 16.8 Å². The highest BCUT2D eigenvalue weighted by atomic mass is 16.1. The van der Waals surface area contributed by atoms with Crippen LogP contribution in [0, 0.1) is 0 Å². The van der Waals surface area contributed by atoms with Crippen LogP contribution in [0.5, 0.6) is 0 Å². The van der Waals surface area contributed by atoms with Crippen LogP contribution in [0.1, 0.15) is 38.8 Å². The first-order chi connectivity index (χ1) is 10.5. The lowest BCUT2D eigenvalue weighted by atomic mass is 9.96. The van der Waals surface area contributed by atoms with Crippen LogP contribution in [-0.2, 0) is 17.4 Å². The first kappa shape index (κ1) is 15.0. The highest BCUT2D eigenvalue weighted by molar-refractivity contribution is 5.84. The molecular weight excluding hydrogens is 276 g/mol. The van der Waals surface area contributed by atoms with E-state index in [1.54, 1.807) is 0 Å². The largest absolute Gasteiger partial charge is 0.345 e. The van der Waals surface area contributed by atoms with Gasteiger partial charge in [-0.25, -0.2) is 0 Å². The second-order valence-electron chi connectivity index (χ2n) is 6.66. The number of rotatable bonds is 4. The van der Waals surface area contributed by atoms with E-state index < -0.39 is 5.54 Å². The molecule has 5 heteroatoms. The maximum atomic E-state index is 12.3. The van der Waals surface area contributed by atoms with Crippen molar-refractivity contribution in [2.45, 2.75) is 44.7 Å². The molecule has 22 heavy (non-hydrogen) atoms. The Morgan fingerprint density at radius 3 is 2.95 bits per heavy atom. The van der Waals surface area contributed by atoms with Gasteiger partial charge < -0.3 is 10.6 Å². The standard InChI is InChI=1S/C17H24N4O/c1-17(2,19-15(22)11-12-7-6-10-18-12)16-13-8-4-5-9-14(13)21(3)20-16/h4-5,8-9,12,18H,6-7,10-11H2,1-3H3,(H,19,22)/t12-/m1/s1. The van der Waals surface area contributed by atoms with E-state index in [9.17, 15) is 4.79 Å². The van der Waals surface area contributed by atoms with Gasteiger partial charge >= 0.3 is 0 Å². The number of hydrogen-bond donors (Lipinski definition) is 2. The van der Waals surface area contributed by atoms with Gasteiger partial charge in [0, 0.05) is 24.9 Å². The molecule has 1 aliphatic heterocycles. The molecule has 3 rings (SSSR count). The van der Waals surface area contributed by atoms with Crippen molar-refractivity contribution in [3.63, 3.8) is 0 Å². The molecule has 118 valence electrons. The van der Waals surface area contributed by atoms with Gasteiger partial charge in [0.05, 0.1) is 16.7 Å². The van der Waals surface area contributed by atoms with Gasteiger partial charge in [0.2, 0.25) is 5.91 Å². The van der Waals surface area contributed by atoms with Crippen LogP contribution in [0.3, 0.4) is 0 Å². The minimum absolute atomic E-state index is 0.0825. The summed E-state index contributed by atoms with van der Waals surface area (Å²) >= 11 is 0. The van der Waals surface area contributed by atoms with Gasteiger partial charge in [0.25, 0.3) is 0 Å². The molecule has 1 amide bonds. The summed E-state index contributed by atoms with van der Waals surface area (Å²) in [6.07, 6.45) is 2.78. The Bertz CT molecular complexity index is 683. The monoisotopic (exact) mass is 300 g/mol. The Hall–Kier alpha value is -1.88. The molecule has 0 bridgehead atoms. The summed E-state index contributed by atoms with van der Waals surface area (Å²) in [5.74, 6) is 0.0825. The summed E-state index contributed by atoms with van der Waals surface area (Å²) < 4.78 is 1.87. The Morgan fingerprint density at radius 2 is 2.23 bits per heavy atom. The third-order valence-corrected chi connectivity index (χ3v) is 4.40. The molecule has 2 aromatic rings. The molecule has 1 fully saturated rings. The van der Waals surface area contributed by atoms with E-state index in [0.29, 0.717) is 12.5 Å². The van der Waals surface area contributed by atoms with Gasteiger partial charge in [-0.2, -0.15) is 5.10 Å². The zero-order chi connectivity index (χ0) is 15.7. The first-order valence-electron chi connectivity index (χ1n) is 7.94. The Balaban J connectivity index is 1.80. The summed E-state index contributed by atoms with van der Waals surface area (Å²) in [5.41, 5.74) is 1.51. The van der Waals surface area contributed by atoms with E-state index in [-0.39, 0.29) is 5.91 Å². The molecule has 2 N–H and O–H groups in total. The van der Waals surface area contributed by atoms with Gasteiger partial charge in [-0.05, 0) is 39.3 Å². The van der Waals surface area contributed by atoms with Crippen molar-refractivity contribution in [3.05, 3.63) is 30.0 Å². The van der Waals surface area contributed by atoms with Crippen LogP contribution < -0.4 is 10.6 Å². The normalized spacial score (nSPS) is 18.8. The predicted molar refractivity (Wildman–Crippen MR) is 87.5 cm³/mol. The number of nitrogens with one attached hydrogen (secondary N) is 2. The average Bonchev–Trinajstić information content (AvgIpc) is 3.07. The predicted octanol–water partition coefficient (Wildman–Crippen LogP) is 2.07. The summed E-state index contributed by atoms with van der Waals surface area (Å²) in [4.78, 5) is 12.3. The summed E-state index contributed by atoms with van der Waals surface area (Å²) in [7, 11) is 1.94. The minimum Gasteiger partial charge on any atom is -0.345 e.